The van der Waals surface area contributed by atoms with Gasteiger partial charge in [-0.1, -0.05) is 18.2 Å². The molecule has 0 saturated heterocycles. The zero-order chi connectivity index (χ0) is 17.5. The number of ether oxygens (including phenoxy) is 1. The van der Waals surface area contributed by atoms with Gasteiger partial charge < -0.3 is 14.5 Å². The molecule has 0 aliphatic rings. The summed E-state index contributed by atoms with van der Waals surface area (Å²) in [5, 5.41) is 3.01. The molecule has 0 unspecified atom stereocenters. The van der Waals surface area contributed by atoms with E-state index < -0.39 is 5.43 Å². The number of para-hydroxylation sites is 1. The fourth-order valence-corrected chi connectivity index (χ4v) is 2.73. The van der Waals surface area contributed by atoms with Crippen LogP contribution in [0.1, 0.15) is 25.0 Å². The Balaban J connectivity index is 2.75. The lowest BCUT2D eigenvalue weighted by atomic mass is 10.1. The van der Waals surface area contributed by atoms with Gasteiger partial charge in [-0.2, -0.15) is 0 Å². The minimum Gasteiger partial charge on any atom is -0.448 e. The van der Waals surface area contributed by atoms with Gasteiger partial charge in [-0.05, 0) is 38.8 Å². The number of nitrogens with one attached hydrogen (secondary N) is 1. The van der Waals surface area contributed by atoms with Gasteiger partial charge >= 0.3 is 5.43 Å². The number of carbonyl (C=O) groups excluding carboxylic acids is 2. The Morgan fingerprint density at radius 1 is 1.17 bits per heavy atom. The maximum atomic E-state index is 12.5. The second-order valence-corrected chi connectivity index (χ2v) is 6.07. The topological polar surface area (TPSA) is 55.4 Å². The van der Waals surface area contributed by atoms with Crippen molar-refractivity contribution in [2.24, 2.45) is 0 Å². The van der Waals surface area contributed by atoms with Crippen molar-refractivity contribution in [3.8, 4) is 0 Å². The third-order valence-corrected chi connectivity index (χ3v) is 4.46. The molecule has 23 heavy (non-hydrogen) atoms. The molecule has 0 fully saturated rings. The van der Waals surface area contributed by atoms with Crippen LogP contribution in [0.4, 0.5) is 10.5 Å². The zero-order valence-corrected chi connectivity index (χ0v) is 15.1. The summed E-state index contributed by atoms with van der Waals surface area (Å²) in [7, 11) is 0. The lowest BCUT2D eigenvalue weighted by Crippen LogP contribution is -2.53. The first-order chi connectivity index (χ1) is 10.8. The number of benzene rings is 1. The Bertz CT molecular complexity index is 537. The molecule has 1 rings (SSSR count). The summed E-state index contributed by atoms with van der Waals surface area (Å²) in [4.78, 5) is 23.2. The number of nitrogens with zero attached hydrogens (tertiary/aromatic N) is 1. The van der Waals surface area contributed by atoms with Crippen LogP contribution in [0.2, 0.25) is 0 Å². The Kier molecular flexibility index (Phi) is 7.52. The largest absolute Gasteiger partial charge is 0.448 e. The van der Waals surface area contributed by atoms with Crippen LogP contribution in [-0.4, -0.2) is 48.6 Å². The van der Waals surface area contributed by atoms with E-state index in [0.29, 0.717) is 17.6 Å². The van der Waals surface area contributed by atoms with Crippen molar-refractivity contribution in [2.45, 2.75) is 27.7 Å². The summed E-state index contributed by atoms with van der Waals surface area (Å²) in [6.07, 6.45) is 0. The average molecular weight is 342 g/mol. The normalized spacial score (nSPS) is 11.2. The molecule has 1 aromatic carbocycles. The van der Waals surface area contributed by atoms with Gasteiger partial charge in [0.05, 0.1) is 13.1 Å². The van der Waals surface area contributed by atoms with Crippen molar-refractivity contribution >= 4 is 28.6 Å². The van der Waals surface area contributed by atoms with Gasteiger partial charge in [-0.25, -0.2) is 4.79 Å². The number of hydrogen-bond donors (Lipinski definition) is 1. The maximum Gasteiger partial charge on any atom is 0.403 e. The summed E-state index contributed by atoms with van der Waals surface area (Å²) in [6, 6.07) is 5.92. The Labute approximate surface area is 143 Å². The number of amides is 1. The average Bonchev–Trinajstić information content (AvgIpc) is 2.49. The van der Waals surface area contributed by atoms with Gasteiger partial charge in [0, 0.05) is 17.3 Å². The van der Waals surface area contributed by atoms with E-state index in [1.807, 2.05) is 45.9 Å². The molecular weight excluding hydrogens is 316 g/mol. The molecule has 1 amide bonds. The molecule has 0 atom stereocenters. The summed E-state index contributed by atoms with van der Waals surface area (Å²) in [6.45, 7) is 10.7. The summed E-state index contributed by atoms with van der Waals surface area (Å²) < 4.78 is 5.36. The van der Waals surface area contributed by atoms with Crippen molar-refractivity contribution in [3.05, 3.63) is 29.3 Å². The van der Waals surface area contributed by atoms with Crippen LogP contribution in [-0.2, 0) is 9.53 Å². The van der Waals surface area contributed by atoms with Gasteiger partial charge in [0.15, 0.2) is 6.54 Å². The van der Waals surface area contributed by atoms with E-state index in [2.05, 4.69) is 5.32 Å². The molecule has 0 radical (unpaired) electrons. The molecule has 1 N–H and O–H groups in total. The van der Waals surface area contributed by atoms with E-state index in [0.717, 1.165) is 29.9 Å². The van der Waals surface area contributed by atoms with Gasteiger partial charge in [0.25, 0.3) is 5.91 Å². The SMILES string of the molecule is CC[N+](CC)(CCOC(=O)Cl)CC(=O)Nc1c(C)cccc1C. The molecule has 128 valence electrons. The molecule has 1 aromatic rings. The molecule has 0 spiro atoms. The number of rotatable bonds is 8. The Morgan fingerprint density at radius 2 is 1.74 bits per heavy atom. The Morgan fingerprint density at radius 3 is 2.22 bits per heavy atom. The number of hydrogen-bond acceptors (Lipinski definition) is 3. The fourth-order valence-electron chi connectivity index (χ4n) is 2.66. The molecule has 0 saturated carbocycles. The van der Waals surface area contributed by atoms with Crippen molar-refractivity contribution in [2.75, 3.05) is 38.1 Å². The van der Waals surface area contributed by atoms with Crippen molar-refractivity contribution < 1.29 is 18.8 Å². The number of aryl methyl sites for hydroxylation is 2. The van der Waals surface area contributed by atoms with Crippen molar-refractivity contribution in [1.82, 2.24) is 0 Å². The molecule has 0 aliphatic carbocycles. The van der Waals surface area contributed by atoms with Gasteiger partial charge in [0.2, 0.25) is 0 Å². The van der Waals surface area contributed by atoms with Crippen LogP contribution in [0.15, 0.2) is 18.2 Å². The number of likely N-dealkylation sites (N-methyl/N-ethyl adjacent to an activating group) is 1. The minimum atomic E-state index is -0.810. The number of anilines is 1. The van der Waals surface area contributed by atoms with Crippen molar-refractivity contribution in [3.63, 3.8) is 0 Å². The predicted octanol–water partition coefficient (Wildman–Crippen LogP) is 3.47. The highest BCUT2D eigenvalue weighted by Crippen LogP contribution is 2.19. The number of quaternary nitrogens is 1. The molecule has 0 bridgehead atoms. The van der Waals surface area contributed by atoms with E-state index >= 15 is 0 Å². The first-order valence-electron chi connectivity index (χ1n) is 7.87. The lowest BCUT2D eigenvalue weighted by Gasteiger charge is -2.35. The van der Waals surface area contributed by atoms with Crippen LogP contribution in [0.5, 0.6) is 0 Å². The highest BCUT2D eigenvalue weighted by molar-refractivity contribution is 6.61. The monoisotopic (exact) mass is 341 g/mol. The third-order valence-electron chi connectivity index (χ3n) is 4.35. The summed E-state index contributed by atoms with van der Waals surface area (Å²) in [5.41, 5.74) is 2.14. The van der Waals surface area contributed by atoms with Crippen LogP contribution in [0.25, 0.3) is 0 Å². The molecule has 5 nitrogen and oxygen atoms in total. The van der Waals surface area contributed by atoms with E-state index in [1.165, 1.54) is 0 Å². The van der Waals surface area contributed by atoms with Crippen LogP contribution < -0.4 is 5.32 Å². The number of carbonyl (C=O) groups is 2. The summed E-state index contributed by atoms with van der Waals surface area (Å²) >= 11 is 5.19. The molecule has 0 heterocycles. The Hall–Kier alpha value is -1.59. The molecule has 0 aliphatic heterocycles. The van der Waals surface area contributed by atoms with E-state index in [9.17, 15) is 9.59 Å². The van der Waals surface area contributed by atoms with Crippen molar-refractivity contribution in [1.29, 1.82) is 0 Å². The van der Waals surface area contributed by atoms with E-state index in [4.69, 9.17) is 16.3 Å². The van der Waals surface area contributed by atoms with Crippen LogP contribution in [0, 0.1) is 13.8 Å². The highest BCUT2D eigenvalue weighted by Gasteiger charge is 2.27. The molecular formula is C17H26ClN2O3+. The van der Waals surface area contributed by atoms with Crippen LogP contribution >= 0.6 is 11.6 Å². The molecule has 6 heteroatoms. The first kappa shape index (κ1) is 19.5. The molecule has 0 aromatic heterocycles. The summed E-state index contributed by atoms with van der Waals surface area (Å²) in [5.74, 6) is -0.0386. The van der Waals surface area contributed by atoms with Gasteiger partial charge in [-0.3, -0.25) is 4.79 Å². The van der Waals surface area contributed by atoms with E-state index in [1.54, 1.807) is 0 Å². The van der Waals surface area contributed by atoms with Gasteiger partial charge in [0.1, 0.15) is 13.2 Å². The van der Waals surface area contributed by atoms with Gasteiger partial charge in [-0.15, -0.1) is 0 Å². The maximum absolute atomic E-state index is 12.5. The fraction of sp³-hybridized carbons (Fsp3) is 0.529. The zero-order valence-electron chi connectivity index (χ0n) is 14.3. The first-order valence-corrected chi connectivity index (χ1v) is 8.24. The standard InChI is InChI=1S/C17H25ClN2O3/c1-5-20(6-2,10-11-23-17(18)22)12-15(21)19-16-13(3)8-7-9-14(16)4/h7-9H,5-6,10-12H2,1-4H3/p+1. The number of halogens is 1. The van der Waals surface area contributed by atoms with E-state index in [-0.39, 0.29) is 12.5 Å². The second kappa shape index (κ2) is 8.89. The highest BCUT2D eigenvalue weighted by atomic mass is 35.5. The minimum absolute atomic E-state index is 0.0386. The third kappa shape index (κ3) is 5.84. The quantitative estimate of drug-likeness (QED) is 0.582. The predicted molar refractivity (Wildman–Crippen MR) is 92.8 cm³/mol. The smallest absolute Gasteiger partial charge is 0.403 e. The van der Waals surface area contributed by atoms with Crippen LogP contribution in [0.3, 0.4) is 0 Å². The second-order valence-electron chi connectivity index (χ2n) is 5.76. The lowest BCUT2D eigenvalue weighted by molar-refractivity contribution is -0.917.